The van der Waals surface area contributed by atoms with Crippen molar-refractivity contribution in [2.45, 2.75) is 37.6 Å². The first kappa shape index (κ1) is 12.8. The van der Waals surface area contributed by atoms with Gasteiger partial charge in [0.15, 0.2) is 0 Å². The molecule has 0 radical (unpaired) electrons. The maximum absolute atomic E-state index is 13.5. The van der Waals surface area contributed by atoms with E-state index in [2.05, 4.69) is 5.32 Å². The van der Waals surface area contributed by atoms with E-state index in [0.29, 0.717) is 18.5 Å². The van der Waals surface area contributed by atoms with Crippen molar-refractivity contribution in [1.82, 2.24) is 0 Å². The SMILES string of the molecule is O=C(Nc1ccccc1)O[C@@H]1CC[C@@H](O)C[C@H]1F. The van der Waals surface area contributed by atoms with Crippen LogP contribution < -0.4 is 5.32 Å². The van der Waals surface area contributed by atoms with Gasteiger partial charge in [0.25, 0.3) is 0 Å². The summed E-state index contributed by atoms with van der Waals surface area (Å²) >= 11 is 0. The van der Waals surface area contributed by atoms with Crippen molar-refractivity contribution in [1.29, 1.82) is 0 Å². The van der Waals surface area contributed by atoms with Crippen molar-refractivity contribution in [2.75, 3.05) is 5.32 Å². The van der Waals surface area contributed by atoms with E-state index in [1.807, 2.05) is 6.07 Å². The molecule has 98 valence electrons. The van der Waals surface area contributed by atoms with E-state index in [4.69, 9.17) is 4.74 Å². The summed E-state index contributed by atoms with van der Waals surface area (Å²) < 4.78 is 18.6. The van der Waals surface area contributed by atoms with Crippen LogP contribution >= 0.6 is 0 Å². The molecule has 0 unspecified atom stereocenters. The molecule has 0 aromatic heterocycles. The van der Waals surface area contributed by atoms with Gasteiger partial charge in [0, 0.05) is 12.1 Å². The van der Waals surface area contributed by atoms with E-state index in [1.165, 1.54) is 0 Å². The molecule has 3 atom stereocenters. The minimum absolute atomic E-state index is 0.0310. The molecule has 0 spiro atoms. The molecular weight excluding hydrogens is 237 g/mol. The average Bonchev–Trinajstić information content (AvgIpc) is 2.34. The Morgan fingerprint density at radius 1 is 1.33 bits per heavy atom. The average molecular weight is 253 g/mol. The number of aliphatic hydroxyl groups is 1. The van der Waals surface area contributed by atoms with E-state index in [1.54, 1.807) is 24.3 Å². The Bertz CT molecular complexity index is 398. The Labute approximate surface area is 105 Å². The minimum atomic E-state index is -1.30. The summed E-state index contributed by atoms with van der Waals surface area (Å²) in [6.07, 6.45) is -2.51. The van der Waals surface area contributed by atoms with Crippen molar-refractivity contribution in [3.05, 3.63) is 30.3 Å². The predicted molar refractivity (Wildman–Crippen MR) is 65.1 cm³/mol. The van der Waals surface area contributed by atoms with Gasteiger partial charge >= 0.3 is 6.09 Å². The maximum atomic E-state index is 13.5. The van der Waals surface area contributed by atoms with Crippen molar-refractivity contribution in [3.8, 4) is 0 Å². The fourth-order valence-electron chi connectivity index (χ4n) is 2.01. The van der Waals surface area contributed by atoms with Gasteiger partial charge in [0.1, 0.15) is 12.3 Å². The van der Waals surface area contributed by atoms with E-state index >= 15 is 0 Å². The molecule has 1 saturated carbocycles. The summed E-state index contributed by atoms with van der Waals surface area (Å²) in [6.45, 7) is 0. The van der Waals surface area contributed by atoms with Gasteiger partial charge in [-0.05, 0) is 25.0 Å². The van der Waals surface area contributed by atoms with Crippen LogP contribution in [0.15, 0.2) is 30.3 Å². The molecule has 4 nitrogen and oxygen atoms in total. The summed E-state index contributed by atoms with van der Waals surface area (Å²) in [7, 11) is 0. The van der Waals surface area contributed by atoms with Crippen LogP contribution in [0.4, 0.5) is 14.9 Å². The first-order valence-electron chi connectivity index (χ1n) is 6.00. The zero-order valence-corrected chi connectivity index (χ0v) is 9.88. The van der Waals surface area contributed by atoms with Crippen LogP contribution in [-0.2, 0) is 4.74 Å². The van der Waals surface area contributed by atoms with Crippen LogP contribution in [0.25, 0.3) is 0 Å². The highest BCUT2D eigenvalue weighted by atomic mass is 19.1. The monoisotopic (exact) mass is 253 g/mol. The molecule has 1 amide bonds. The first-order valence-corrected chi connectivity index (χ1v) is 6.00. The van der Waals surface area contributed by atoms with Crippen LogP contribution in [-0.4, -0.2) is 29.6 Å². The topological polar surface area (TPSA) is 58.6 Å². The van der Waals surface area contributed by atoms with E-state index in [9.17, 15) is 14.3 Å². The number of carbonyl (C=O) groups is 1. The molecule has 18 heavy (non-hydrogen) atoms. The van der Waals surface area contributed by atoms with E-state index in [-0.39, 0.29) is 6.42 Å². The number of carbonyl (C=O) groups excluding carboxylic acids is 1. The summed E-state index contributed by atoms with van der Waals surface area (Å²) in [5.41, 5.74) is 0.605. The lowest BCUT2D eigenvalue weighted by Gasteiger charge is -2.28. The molecule has 1 fully saturated rings. The number of amides is 1. The highest BCUT2D eigenvalue weighted by Crippen LogP contribution is 2.24. The first-order chi connectivity index (χ1) is 8.65. The van der Waals surface area contributed by atoms with Crippen molar-refractivity contribution in [2.24, 2.45) is 0 Å². The van der Waals surface area contributed by atoms with Crippen molar-refractivity contribution < 1.29 is 19.0 Å². The van der Waals surface area contributed by atoms with Gasteiger partial charge in [0.2, 0.25) is 0 Å². The molecule has 2 N–H and O–H groups in total. The molecule has 5 heteroatoms. The summed E-state index contributed by atoms with van der Waals surface area (Å²) in [4.78, 5) is 11.5. The Kier molecular flexibility index (Phi) is 4.15. The van der Waals surface area contributed by atoms with Gasteiger partial charge < -0.3 is 9.84 Å². The second kappa shape index (κ2) is 5.82. The zero-order valence-electron chi connectivity index (χ0n) is 9.88. The van der Waals surface area contributed by atoms with Gasteiger partial charge in [0.05, 0.1) is 6.10 Å². The van der Waals surface area contributed by atoms with Gasteiger partial charge in [-0.1, -0.05) is 18.2 Å². The highest BCUT2D eigenvalue weighted by molar-refractivity contribution is 5.84. The standard InChI is InChI=1S/C13H16FNO3/c14-11-8-10(16)6-7-12(11)18-13(17)15-9-4-2-1-3-5-9/h1-5,10-12,16H,6-8H2,(H,15,17)/t10-,11-,12-/m1/s1. The van der Waals surface area contributed by atoms with Crippen molar-refractivity contribution >= 4 is 11.8 Å². The Hall–Kier alpha value is -1.62. The van der Waals surface area contributed by atoms with Crippen LogP contribution in [0.1, 0.15) is 19.3 Å². The molecule has 0 aliphatic heterocycles. The van der Waals surface area contributed by atoms with E-state index < -0.39 is 24.5 Å². The zero-order chi connectivity index (χ0) is 13.0. The Balaban J connectivity index is 1.84. The van der Waals surface area contributed by atoms with Crippen LogP contribution in [0.3, 0.4) is 0 Å². The van der Waals surface area contributed by atoms with Crippen LogP contribution in [0, 0.1) is 0 Å². The number of ether oxygens (including phenoxy) is 1. The summed E-state index contributed by atoms with van der Waals surface area (Å²) in [6, 6.07) is 8.84. The molecule has 1 aliphatic carbocycles. The molecule has 2 rings (SSSR count). The molecule has 0 saturated heterocycles. The minimum Gasteiger partial charge on any atom is -0.443 e. The molecule has 0 bridgehead atoms. The third kappa shape index (κ3) is 3.43. The number of nitrogens with one attached hydrogen (secondary N) is 1. The molecule has 1 aromatic carbocycles. The fourth-order valence-corrected chi connectivity index (χ4v) is 2.01. The lowest BCUT2D eigenvalue weighted by molar-refractivity contribution is -0.0162. The van der Waals surface area contributed by atoms with Crippen molar-refractivity contribution in [3.63, 3.8) is 0 Å². The number of hydrogen-bond donors (Lipinski definition) is 2. The second-order valence-electron chi connectivity index (χ2n) is 4.42. The second-order valence-corrected chi connectivity index (χ2v) is 4.42. The largest absolute Gasteiger partial charge is 0.443 e. The number of aliphatic hydroxyl groups excluding tert-OH is 1. The number of benzene rings is 1. The lowest BCUT2D eigenvalue weighted by atomic mass is 9.93. The van der Waals surface area contributed by atoms with Crippen LogP contribution in [0.2, 0.25) is 0 Å². The maximum Gasteiger partial charge on any atom is 0.411 e. The van der Waals surface area contributed by atoms with E-state index in [0.717, 1.165) is 0 Å². The van der Waals surface area contributed by atoms with Gasteiger partial charge in [-0.15, -0.1) is 0 Å². The number of hydrogen-bond acceptors (Lipinski definition) is 3. The number of para-hydroxylation sites is 1. The smallest absolute Gasteiger partial charge is 0.411 e. The number of anilines is 1. The number of rotatable bonds is 2. The predicted octanol–water partition coefficient (Wildman–Crippen LogP) is 2.49. The third-order valence-corrected chi connectivity index (χ3v) is 2.96. The highest BCUT2D eigenvalue weighted by Gasteiger charge is 2.32. The summed E-state index contributed by atoms with van der Waals surface area (Å²) in [5.74, 6) is 0. The quantitative estimate of drug-likeness (QED) is 0.851. The van der Waals surface area contributed by atoms with Gasteiger partial charge in [-0.3, -0.25) is 5.32 Å². The van der Waals surface area contributed by atoms with Crippen LogP contribution in [0.5, 0.6) is 0 Å². The number of alkyl halides is 1. The third-order valence-electron chi connectivity index (χ3n) is 2.96. The Morgan fingerprint density at radius 2 is 2.06 bits per heavy atom. The number of halogens is 1. The van der Waals surface area contributed by atoms with Gasteiger partial charge in [-0.2, -0.15) is 0 Å². The fraction of sp³-hybridized carbons (Fsp3) is 0.462. The molecule has 0 heterocycles. The van der Waals surface area contributed by atoms with Gasteiger partial charge in [-0.25, -0.2) is 9.18 Å². The normalized spacial score (nSPS) is 27.6. The molecule has 1 aliphatic rings. The molecular formula is C13H16FNO3. The molecule has 1 aromatic rings. The summed E-state index contributed by atoms with van der Waals surface area (Å²) in [5, 5.41) is 11.8. The lowest BCUT2D eigenvalue weighted by Crippen LogP contribution is -2.37. The Morgan fingerprint density at radius 3 is 2.72 bits per heavy atom.